The average molecular weight is 681 g/mol. The molecule has 0 unspecified atom stereocenters. The molecule has 5 atom stereocenters. The number of benzene rings is 4. The van der Waals surface area contributed by atoms with Gasteiger partial charge >= 0.3 is 0 Å². The lowest BCUT2D eigenvalue weighted by Crippen LogP contribution is -2.67. The highest BCUT2D eigenvalue weighted by atomic mass is 16.9. The second-order valence-electron chi connectivity index (χ2n) is 13.3. The van der Waals surface area contributed by atoms with E-state index in [2.05, 4.69) is 6.58 Å². The minimum Gasteiger partial charge on any atom is -0.379 e. The van der Waals surface area contributed by atoms with Crippen molar-refractivity contribution < 1.29 is 37.9 Å². The van der Waals surface area contributed by atoms with E-state index in [1.807, 2.05) is 135 Å². The Bertz CT molecular complexity index is 1620. The zero-order valence-corrected chi connectivity index (χ0v) is 29.2. The van der Waals surface area contributed by atoms with Crippen molar-refractivity contribution >= 4 is 0 Å². The molecule has 2 fully saturated rings. The molecule has 2 aliphatic rings. The molecule has 2 heterocycles. The molecule has 6 rings (SSSR count). The quantitative estimate of drug-likeness (QED) is 0.101. The third-order valence-corrected chi connectivity index (χ3v) is 9.21. The van der Waals surface area contributed by atoms with E-state index in [9.17, 15) is 0 Å². The molecule has 0 radical (unpaired) electrons. The van der Waals surface area contributed by atoms with Gasteiger partial charge in [-0.05, 0) is 36.1 Å². The van der Waals surface area contributed by atoms with Crippen LogP contribution in [-0.2, 0) is 64.3 Å². The van der Waals surface area contributed by atoms with Crippen molar-refractivity contribution in [1.29, 1.82) is 0 Å². The molecular weight excluding hydrogens is 632 g/mol. The Hall–Kier alpha value is -3.70. The number of hydrogen-bond acceptors (Lipinski definition) is 8. The van der Waals surface area contributed by atoms with Crippen LogP contribution in [-0.4, -0.2) is 61.9 Å². The first-order chi connectivity index (χ1) is 24.3. The van der Waals surface area contributed by atoms with Gasteiger partial charge in [0.15, 0.2) is 11.4 Å². The second kappa shape index (κ2) is 16.1. The molecule has 264 valence electrons. The fourth-order valence-corrected chi connectivity index (χ4v) is 6.91. The maximum Gasteiger partial charge on any atom is 0.225 e. The van der Waals surface area contributed by atoms with E-state index in [1.54, 1.807) is 13.2 Å². The molecule has 2 saturated heterocycles. The Morgan fingerprint density at radius 2 is 1.16 bits per heavy atom. The van der Waals surface area contributed by atoms with Gasteiger partial charge in [-0.2, -0.15) is 0 Å². The first kappa shape index (κ1) is 36.1. The van der Waals surface area contributed by atoms with Gasteiger partial charge in [-0.1, -0.05) is 127 Å². The van der Waals surface area contributed by atoms with Gasteiger partial charge in [-0.25, -0.2) is 0 Å². The number of methoxy groups -OCH3 is 1. The molecule has 0 bridgehead atoms. The number of rotatable bonds is 18. The average Bonchev–Trinajstić information content (AvgIpc) is 3.54. The van der Waals surface area contributed by atoms with Crippen molar-refractivity contribution in [2.45, 2.75) is 75.3 Å². The van der Waals surface area contributed by atoms with Crippen molar-refractivity contribution in [3.63, 3.8) is 0 Å². The van der Waals surface area contributed by atoms with Crippen LogP contribution in [0.1, 0.15) is 36.1 Å². The molecule has 8 heteroatoms. The van der Waals surface area contributed by atoms with E-state index in [0.29, 0.717) is 13.2 Å². The summed E-state index contributed by atoms with van der Waals surface area (Å²) in [6, 6.07) is 40.0. The second-order valence-corrected chi connectivity index (χ2v) is 13.3. The van der Waals surface area contributed by atoms with Crippen molar-refractivity contribution in [2.75, 3.05) is 26.9 Å². The molecule has 0 saturated carbocycles. The van der Waals surface area contributed by atoms with Gasteiger partial charge in [0, 0.05) is 7.11 Å². The first-order valence-corrected chi connectivity index (χ1v) is 17.1. The van der Waals surface area contributed by atoms with Crippen LogP contribution < -0.4 is 0 Å². The molecule has 0 aromatic heterocycles. The number of hydrogen-bond donors (Lipinski definition) is 0. The lowest BCUT2D eigenvalue weighted by atomic mass is 9.77. The van der Waals surface area contributed by atoms with E-state index in [4.69, 9.17) is 37.9 Å². The minimum absolute atomic E-state index is 0.0337. The first-order valence-electron chi connectivity index (χ1n) is 17.1. The van der Waals surface area contributed by atoms with Gasteiger partial charge in [0.05, 0.1) is 39.6 Å². The summed E-state index contributed by atoms with van der Waals surface area (Å²) in [5, 5.41) is 0. The predicted molar refractivity (Wildman–Crippen MR) is 190 cm³/mol. The lowest BCUT2D eigenvalue weighted by molar-refractivity contribution is -0.340. The monoisotopic (exact) mass is 680 g/mol. The van der Waals surface area contributed by atoms with Gasteiger partial charge < -0.3 is 37.9 Å². The summed E-state index contributed by atoms with van der Waals surface area (Å²) in [6.45, 7) is 9.44. The van der Waals surface area contributed by atoms with Crippen LogP contribution in [0.4, 0.5) is 0 Å². The van der Waals surface area contributed by atoms with Gasteiger partial charge in [-0.3, -0.25) is 0 Å². The Balaban J connectivity index is 1.45. The summed E-state index contributed by atoms with van der Waals surface area (Å²) in [5.74, 6) is -2.35. The molecule has 0 N–H and O–H groups in total. The largest absolute Gasteiger partial charge is 0.379 e. The normalized spacial score (nSPS) is 25.2. The number of fused-ring (bicyclic) bond motifs is 1. The van der Waals surface area contributed by atoms with E-state index >= 15 is 0 Å². The highest BCUT2D eigenvalue weighted by molar-refractivity contribution is 5.26. The van der Waals surface area contributed by atoms with Gasteiger partial charge in [0.1, 0.15) is 24.4 Å². The zero-order valence-electron chi connectivity index (χ0n) is 29.2. The summed E-state index contributed by atoms with van der Waals surface area (Å²) in [4.78, 5) is 0. The van der Waals surface area contributed by atoms with Crippen LogP contribution >= 0.6 is 0 Å². The predicted octanol–water partition coefficient (Wildman–Crippen LogP) is 7.41. The van der Waals surface area contributed by atoms with Gasteiger partial charge in [-0.15, -0.1) is 6.58 Å². The van der Waals surface area contributed by atoms with Crippen LogP contribution in [0.3, 0.4) is 0 Å². The molecule has 50 heavy (non-hydrogen) atoms. The summed E-state index contributed by atoms with van der Waals surface area (Å²) in [5.41, 5.74) is 1.26. The van der Waals surface area contributed by atoms with Crippen molar-refractivity contribution in [1.82, 2.24) is 0 Å². The van der Waals surface area contributed by atoms with Gasteiger partial charge in [0.25, 0.3) is 0 Å². The van der Waals surface area contributed by atoms with Crippen molar-refractivity contribution in [3.05, 3.63) is 156 Å². The smallest absolute Gasteiger partial charge is 0.225 e. The Kier molecular flexibility index (Phi) is 11.6. The van der Waals surface area contributed by atoms with E-state index in [0.717, 1.165) is 22.3 Å². The molecule has 8 nitrogen and oxygen atoms in total. The third kappa shape index (κ3) is 7.94. The van der Waals surface area contributed by atoms with Gasteiger partial charge in [0.2, 0.25) is 5.79 Å². The molecule has 2 aliphatic heterocycles. The SMILES string of the molecule is C=C[C@](COCc1ccccc1)(OCc1ccccc1)[C@@]1(COCc2ccccc2)O[C@@]2(COC)OC(C)(C)O[C@H]2[C@@H]1OCc1ccccc1. The fourth-order valence-electron chi connectivity index (χ4n) is 6.91. The highest BCUT2D eigenvalue weighted by Gasteiger charge is 2.76. The molecule has 4 aromatic rings. The Morgan fingerprint density at radius 3 is 1.68 bits per heavy atom. The van der Waals surface area contributed by atoms with E-state index in [-0.39, 0.29) is 33.0 Å². The molecule has 4 aromatic carbocycles. The maximum absolute atomic E-state index is 7.32. The zero-order chi connectivity index (χ0) is 34.9. The lowest BCUT2D eigenvalue weighted by Gasteiger charge is -2.49. The minimum atomic E-state index is -1.40. The van der Waals surface area contributed by atoms with Crippen LogP contribution in [0, 0.1) is 0 Å². The van der Waals surface area contributed by atoms with Crippen LogP contribution in [0.25, 0.3) is 0 Å². The van der Waals surface area contributed by atoms with E-state index < -0.39 is 35.0 Å². The fraction of sp³-hybridized carbons (Fsp3) is 0.381. The molecule has 0 amide bonds. The van der Waals surface area contributed by atoms with Crippen molar-refractivity contribution in [2.24, 2.45) is 0 Å². The Labute approximate surface area is 295 Å². The summed E-state index contributed by atoms with van der Waals surface area (Å²) < 4.78 is 53.6. The highest BCUT2D eigenvalue weighted by Crippen LogP contribution is 2.55. The summed E-state index contributed by atoms with van der Waals surface area (Å²) in [6.07, 6.45) is 0.248. The van der Waals surface area contributed by atoms with Crippen molar-refractivity contribution in [3.8, 4) is 0 Å². The molecule has 0 spiro atoms. The summed E-state index contributed by atoms with van der Waals surface area (Å²) >= 11 is 0. The third-order valence-electron chi connectivity index (χ3n) is 9.21. The topological polar surface area (TPSA) is 73.8 Å². The summed E-state index contributed by atoms with van der Waals surface area (Å²) in [7, 11) is 1.62. The standard InChI is InChI=1S/C42H48O8/c1-5-40(47-29-36-24-16-9-17-25-36,30-44-26-33-18-10-6-11-19-33)41(31-45-27-34-20-12-7-13-21-34)37(46-28-35-22-14-8-15-23-35)38-42(50-41,32-43-4)49-39(2,3)48-38/h5-25,37-38H,1,26-32H2,2-4H3/t37-,38-,40+,41-,42+/m0/s1. The van der Waals surface area contributed by atoms with Crippen LogP contribution in [0.5, 0.6) is 0 Å². The Morgan fingerprint density at radius 1 is 0.660 bits per heavy atom. The molecular formula is C42H48O8. The maximum atomic E-state index is 7.32. The number of ether oxygens (including phenoxy) is 8. The molecule has 0 aliphatic carbocycles. The van der Waals surface area contributed by atoms with E-state index in [1.165, 1.54) is 0 Å². The van der Waals surface area contributed by atoms with Crippen LogP contribution in [0.15, 0.2) is 134 Å². The van der Waals surface area contributed by atoms with Crippen LogP contribution in [0.2, 0.25) is 0 Å².